The minimum Gasteiger partial charge on any atom is -0.356 e. The molecular weight excluding hydrogens is 380 g/mol. The quantitative estimate of drug-likeness (QED) is 0.302. The molecule has 1 amide bonds. The number of rotatable bonds is 8. The van der Waals surface area contributed by atoms with Crippen LogP contribution in [0.15, 0.2) is 64.5 Å². The summed E-state index contributed by atoms with van der Waals surface area (Å²) in [5, 5.41) is 7.10. The van der Waals surface area contributed by atoms with Crippen LogP contribution in [0.2, 0.25) is 0 Å². The van der Waals surface area contributed by atoms with Gasteiger partial charge in [0, 0.05) is 49.8 Å². The second-order valence-electron chi connectivity index (χ2n) is 7.24. The van der Waals surface area contributed by atoms with Gasteiger partial charge >= 0.3 is 0 Å². The molecule has 0 aromatic heterocycles. The highest BCUT2D eigenvalue weighted by Gasteiger charge is 2.22. The standard InChI is InChI=1S/C23H30N4OS/c1-18(29-21-11-4-3-5-12-21)15-26-23(24-2)25-14-8-13-22(28)27-16-19-9-6-7-10-20(19)17-27/h3-7,9-12,18H,8,13-17H2,1-2H3,(H2,24,25,26). The average Bonchev–Trinajstić information content (AvgIpc) is 3.18. The molecule has 3 rings (SSSR count). The SMILES string of the molecule is CN=C(NCCCC(=O)N1Cc2ccccc2C1)NCC(C)Sc1ccccc1. The maximum absolute atomic E-state index is 12.5. The van der Waals surface area contributed by atoms with E-state index >= 15 is 0 Å². The molecule has 5 nitrogen and oxygen atoms in total. The molecule has 0 bridgehead atoms. The van der Waals surface area contributed by atoms with Crippen LogP contribution < -0.4 is 10.6 Å². The second kappa shape index (κ2) is 10.9. The lowest BCUT2D eigenvalue weighted by Gasteiger charge is -2.17. The summed E-state index contributed by atoms with van der Waals surface area (Å²) in [4.78, 5) is 20.0. The Morgan fingerprint density at radius 2 is 1.72 bits per heavy atom. The first-order valence-corrected chi connectivity index (χ1v) is 11.0. The lowest BCUT2D eigenvalue weighted by molar-refractivity contribution is -0.131. The van der Waals surface area contributed by atoms with Crippen LogP contribution in [0.5, 0.6) is 0 Å². The van der Waals surface area contributed by atoms with Gasteiger partial charge in [-0.1, -0.05) is 49.4 Å². The van der Waals surface area contributed by atoms with Crippen molar-refractivity contribution in [3.63, 3.8) is 0 Å². The van der Waals surface area contributed by atoms with Crippen molar-refractivity contribution in [3.05, 3.63) is 65.7 Å². The van der Waals surface area contributed by atoms with Crippen molar-refractivity contribution in [2.45, 2.75) is 43.0 Å². The molecule has 154 valence electrons. The van der Waals surface area contributed by atoms with E-state index in [4.69, 9.17) is 0 Å². The minimum absolute atomic E-state index is 0.221. The number of nitrogens with one attached hydrogen (secondary N) is 2. The van der Waals surface area contributed by atoms with E-state index in [1.807, 2.05) is 34.9 Å². The number of amides is 1. The third-order valence-corrected chi connectivity index (χ3v) is 6.03. The topological polar surface area (TPSA) is 56.7 Å². The predicted octanol–water partition coefficient (Wildman–Crippen LogP) is 3.65. The van der Waals surface area contributed by atoms with Gasteiger partial charge in [0.2, 0.25) is 5.91 Å². The monoisotopic (exact) mass is 410 g/mol. The number of guanidine groups is 1. The Balaban J connectivity index is 1.31. The third kappa shape index (κ3) is 6.53. The summed E-state index contributed by atoms with van der Waals surface area (Å²) >= 11 is 1.84. The number of aliphatic imine (C=N–C) groups is 1. The van der Waals surface area contributed by atoms with Crippen molar-refractivity contribution in [1.82, 2.24) is 15.5 Å². The van der Waals surface area contributed by atoms with Gasteiger partial charge < -0.3 is 15.5 Å². The zero-order valence-electron chi connectivity index (χ0n) is 17.2. The number of hydrogen-bond donors (Lipinski definition) is 2. The van der Waals surface area contributed by atoms with E-state index in [1.165, 1.54) is 16.0 Å². The van der Waals surface area contributed by atoms with E-state index in [-0.39, 0.29) is 5.91 Å². The average molecular weight is 411 g/mol. The normalized spacial score (nSPS) is 14.4. The predicted molar refractivity (Wildman–Crippen MR) is 121 cm³/mol. The second-order valence-corrected chi connectivity index (χ2v) is 8.76. The van der Waals surface area contributed by atoms with Crippen molar-refractivity contribution >= 4 is 23.6 Å². The number of fused-ring (bicyclic) bond motifs is 1. The van der Waals surface area contributed by atoms with Gasteiger partial charge in [-0.05, 0) is 29.7 Å². The van der Waals surface area contributed by atoms with Crippen molar-refractivity contribution in [1.29, 1.82) is 0 Å². The summed E-state index contributed by atoms with van der Waals surface area (Å²) in [7, 11) is 1.77. The summed E-state index contributed by atoms with van der Waals surface area (Å²) in [6.45, 7) is 5.23. The van der Waals surface area contributed by atoms with Gasteiger partial charge in [0.25, 0.3) is 0 Å². The molecule has 0 fully saturated rings. The summed E-state index contributed by atoms with van der Waals surface area (Å²) in [6, 6.07) is 18.7. The van der Waals surface area contributed by atoms with Crippen LogP contribution in [0.3, 0.4) is 0 Å². The van der Waals surface area contributed by atoms with Crippen molar-refractivity contribution < 1.29 is 4.79 Å². The number of carbonyl (C=O) groups excluding carboxylic acids is 1. The van der Waals surface area contributed by atoms with Crippen molar-refractivity contribution in [2.24, 2.45) is 4.99 Å². The molecule has 0 aliphatic carbocycles. The van der Waals surface area contributed by atoms with Crippen LogP contribution in [-0.4, -0.2) is 42.2 Å². The fourth-order valence-corrected chi connectivity index (χ4v) is 4.29. The zero-order chi connectivity index (χ0) is 20.5. The maximum Gasteiger partial charge on any atom is 0.223 e. The van der Waals surface area contributed by atoms with Crippen LogP contribution in [0.4, 0.5) is 0 Å². The Bertz CT molecular complexity index is 800. The molecule has 2 aromatic carbocycles. The Labute approximate surface area is 178 Å². The van der Waals surface area contributed by atoms with E-state index in [0.717, 1.165) is 38.6 Å². The highest BCUT2D eigenvalue weighted by Crippen LogP contribution is 2.23. The fourth-order valence-electron chi connectivity index (χ4n) is 3.35. The molecule has 1 atom stereocenters. The van der Waals surface area contributed by atoms with Gasteiger partial charge in [-0.25, -0.2) is 0 Å². The van der Waals surface area contributed by atoms with Gasteiger partial charge in [0.15, 0.2) is 5.96 Å². The van der Waals surface area contributed by atoms with E-state index in [2.05, 4.69) is 58.9 Å². The van der Waals surface area contributed by atoms with Crippen LogP contribution in [0, 0.1) is 0 Å². The molecule has 2 N–H and O–H groups in total. The molecule has 0 saturated heterocycles. The molecule has 0 spiro atoms. The van der Waals surface area contributed by atoms with E-state index in [9.17, 15) is 4.79 Å². The maximum atomic E-state index is 12.5. The van der Waals surface area contributed by atoms with E-state index in [0.29, 0.717) is 11.7 Å². The molecule has 1 unspecified atom stereocenters. The largest absolute Gasteiger partial charge is 0.356 e. The van der Waals surface area contributed by atoms with E-state index < -0.39 is 0 Å². The molecule has 0 saturated carbocycles. The first-order valence-electron chi connectivity index (χ1n) is 10.2. The van der Waals surface area contributed by atoms with Crippen molar-refractivity contribution in [3.8, 4) is 0 Å². The summed E-state index contributed by atoms with van der Waals surface area (Å²) in [6.07, 6.45) is 1.35. The molecule has 29 heavy (non-hydrogen) atoms. The molecule has 2 aromatic rings. The van der Waals surface area contributed by atoms with Gasteiger partial charge in [0.1, 0.15) is 0 Å². The summed E-state index contributed by atoms with van der Waals surface area (Å²) in [5.41, 5.74) is 2.54. The van der Waals surface area contributed by atoms with Gasteiger partial charge in [-0.2, -0.15) is 0 Å². The van der Waals surface area contributed by atoms with Crippen LogP contribution in [0.25, 0.3) is 0 Å². The molecule has 1 aliphatic heterocycles. The molecular formula is C23H30N4OS. The third-order valence-electron chi connectivity index (χ3n) is 4.91. The Morgan fingerprint density at radius 3 is 2.38 bits per heavy atom. The molecule has 0 radical (unpaired) electrons. The zero-order valence-corrected chi connectivity index (χ0v) is 18.0. The summed E-state index contributed by atoms with van der Waals surface area (Å²) < 4.78 is 0. The lowest BCUT2D eigenvalue weighted by atomic mass is 10.1. The fraction of sp³-hybridized carbons (Fsp3) is 0.391. The minimum atomic E-state index is 0.221. The molecule has 1 aliphatic rings. The number of carbonyl (C=O) groups is 1. The first kappa shape index (κ1) is 21.2. The van der Waals surface area contributed by atoms with Gasteiger partial charge in [0.05, 0.1) is 0 Å². The smallest absolute Gasteiger partial charge is 0.223 e. The Morgan fingerprint density at radius 1 is 1.07 bits per heavy atom. The highest BCUT2D eigenvalue weighted by atomic mass is 32.2. The van der Waals surface area contributed by atoms with Crippen molar-refractivity contribution in [2.75, 3.05) is 20.1 Å². The number of nitrogens with zero attached hydrogens (tertiary/aromatic N) is 2. The number of hydrogen-bond acceptors (Lipinski definition) is 3. The van der Waals surface area contributed by atoms with Gasteiger partial charge in [-0.3, -0.25) is 9.79 Å². The Kier molecular flexibility index (Phi) is 7.99. The van der Waals surface area contributed by atoms with Crippen LogP contribution in [0.1, 0.15) is 30.9 Å². The van der Waals surface area contributed by atoms with Gasteiger partial charge in [-0.15, -0.1) is 11.8 Å². The van der Waals surface area contributed by atoms with Crippen LogP contribution >= 0.6 is 11.8 Å². The number of benzene rings is 2. The molecule has 6 heteroatoms. The van der Waals surface area contributed by atoms with E-state index in [1.54, 1.807) is 7.05 Å². The number of thioether (sulfide) groups is 1. The lowest BCUT2D eigenvalue weighted by Crippen LogP contribution is -2.40. The summed E-state index contributed by atoms with van der Waals surface area (Å²) in [5.74, 6) is 1.00. The first-order chi connectivity index (χ1) is 14.2. The Hall–Kier alpha value is -2.47. The highest BCUT2D eigenvalue weighted by molar-refractivity contribution is 8.00. The molecule has 1 heterocycles. The van der Waals surface area contributed by atoms with Crippen LogP contribution in [-0.2, 0) is 17.9 Å².